The molecule has 4 heteroatoms. The summed E-state index contributed by atoms with van der Waals surface area (Å²) in [5.41, 5.74) is 7.51. The number of fused-ring (bicyclic) bond motifs is 1. The molecule has 2 saturated heterocycles. The molecule has 2 aliphatic rings. The lowest BCUT2D eigenvalue weighted by Gasteiger charge is -2.32. The Balaban J connectivity index is 1.77. The highest BCUT2D eigenvalue weighted by Crippen LogP contribution is 2.31. The first kappa shape index (κ1) is 13.6. The van der Waals surface area contributed by atoms with Crippen LogP contribution in [0.1, 0.15) is 35.7 Å². The number of nitrogens with zero attached hydrogens (tertiary/aromatic N) is 2. The molecule has 0 saturated carbocycles. The van der Waals surface area contributed by atoms with E-state index in [1.807, 2.05) is 11.3 Å². The summed E-state index contributed by atoms with van der Waals surface area (Å²) in [6.45, 7) is 7.96. The molecule has 0 aliphatic carbocycles. The highest BCUT2D eigenvalue weighted by molar-refractivity contribution is 7.10. The van der Waals surface area contributed by atoms with Crippen molar-refractivity contribution in [1.82, 2.24) is 9.80 Å². The molecule has 2 N–H and O–H groups in total. The fourth-order valence-electron chi connectivity index (χ4n) is 3.67. The molecule has 19 heavy (non-hydrogen) atoms. The standard InChI is InChI=1S/C15H25N3S/c1-12-5-9-19-15(12)14(10-16)18-8-3-7-17-6-2-4-13(17)11-18/h5,9,13-14H,2-4,6-8,10-11,16H2,1H3. The Labute approximate surface area is 120 Å². The zero-order chi connectivity index (χ0) is 13.2. The van der Waals surface area contributed by atoms with Crippen molar-refractivity contribution in [2.24, 2.45) is 5.73 Å². The molecule has 1 aromatic rings. The Kier molecular flexibility index (Phi) is 4.22. The second-order valence-electron chi connectivity index (χ2n) is 5.90. The monoisotopic (exact) mass is 279 g/mol. The zero-order valence-corrected chi connectivity index (χ0v) is 12.7. The minimum Gasteiger partial charge on any atom is -0.329 e. The van der Waals surface area contributed by atoms with Crippen molar-refractivity contribution in [3.05, 3.63) is 21.9 Å². The second-order valence-corrected chi connectivity index (χ2v) is 6.85. The summed E-state index contributed by atoms with van der Waals surface area (Å²) in [7, 11) is 0. The Morgan fingerprint density at radius 2 is 2.21 bits per heavy atom. The SMILES string of the molecule is Cc1ccsc1C(CN)N1CCCN2CCCC2C1. The smallest absolute Gasteiger partial charge is 0.0567 e. The van der Waals surface area contributed by atoms with Gasteiger partial charge in [0, 0.05) is 30.6 Å². The number of hydrogen-bond acceptors (Lipinski definition) is 4. The van der Waals surface area contributed by atoms with Crippen LogP contribution in [0.4, 0.5) is 0 Å². The fraction of sp³-hybridized carbons (Fsp3) is 0.733. The molecule has 0 radical (unpaired) electrons. The molecule has 2 unspecified atom stereocenters. The van der Waals surface area contributed by atoms with Gasteiger partial charge in [-0.15, -0.1) is 11.3 Å². The minimum atomic E-state index is 0.431. The van der Waals surface area contributed by atoms with Crippen LogP contribution >= 0.6 is 11.3 Å². The quantitative estimate of drug-likeness (QED) is 0.921. The first-order valence-corrected chi connectivity index (χ1v) is 8.39. The minimum absolute atomic E-state index is 0.431. The number of rotatable bonds is 3. The van der Waals surface area contributed by atoms with E-state index >= 15 is 0 Å². The van der Waals surface area contributed by atoms with Gasteiger partial charge in [0.25, 0.3) is 0 Å². The van der Waals surface area contributed by atoms with E-state index in [2.05, 4.69) is 28.2 Å². The predicted molar refractivity (Wildman–Crippen MR) is 81.6 cm³/mol. The molecule has 3 nitrogen and oxygen atoms in total. The molecule has 2 atom stereocenters. The number of nitrogens with two attached hydrogens (primary N) is 1. The van der Waals surface area contributed by atoms with Gasteiger partial charge in [0.2, 0.25) is 0 Å². The average molecular weight is 279 g/mol. The molecule has 0 bridgehead atoms. The van der Waals surface area contributed by atoms with Crippen LogP contribution in [0, 0.1) is 6.92 Å². The van der Waals surface area contributed by atoms with Crippen molar-refractivity contribution < 1.29 is 0 Å². The first-order valence-electron chi connectivity index (χ1n) is 7.51. The molecule has 106 valence electrons. The maximum Gasteiger partial charge on any atom is 0.0567 e. The topological polar surface area (TPSA) is 32.5 Å². The van der Waals surface area contributed by atoms with E-state index in [0.717, 1.165) is 12.6 Å². The van der Waals surface area contributed by atoms with Crippen LogP contribution < -0.4 is 5.73 Å². The van der Waals surface area contributed by atoms with Gasteiger partial charge in [-0.25, -0.2) is 0 Å². The third kappa shape index (κ3) is 2.72. The predicted octanol–water partition coefficient (Wildman–Crippen LogP) is 2.23. The molecule has 0 spiro atoms. The van der Waals surface area contributed by atoms with E-state index in [1.54, 1.807) is 0 Å². The summed E-state index contributed by atoms with van der Waals surface area (Å²) in [6.07, 6.45) is 4.04. The Morgan fingerprint density at radius 3 is 2.95 bits per heavy atom. The first-order chi connectivity index (χ1) is 9.29. The van der Waals surface area contributed by atoms with Gasteiger partial charge < -0.3 is 5.73 Å². The van der Waals surface area contributed by atoms with Gasteiger partial charge in [0.15, 0.2) is 0 Å². The fourth-order valence-corrected chi connectivity index (χ4v) is 4.74. The van der Waals surface area contributed by atoms with Gasteiger partial charge in [-0.1, -0.05) is 0 Å². The Hall–Kier alpha value is -0.420. The van der Waals surface area contributed by atoms with Crippen LogP contribution in [0.3, 0.4) is 0 Å². The van der Waals surface area contributed by atoms with Crippen LogP contribution in [-0.4, -0.2) is 48.6 Å². The summed E-state index contributed by atoms with van der Waals surface area (Å²) in [5.74, 6) is 0. The highest BCUT2D eigenvalue weighted by atomic mass is 32.1. The third-order valence-electron chi connectivity index (χ3n) is 4.70. The Bertz CT molecular complexity index is 417. The summed E-state index contributed by atoms with van der Waals surface area (Å²) in [6, 6.07) is 3.43. The van der Waals surface area contributed by atoms with E-state index in [0.29, 0.717) is 6.04 Å². The molecule has 0 aromatic carbocycles. The van der Waals surface area contributed by atoms with E-state index in [9.17, 15) is 0 Å². The summed E-state index contributed by atoms with van der Waals surface area (Å²) >= 11 is 1.87. The summed E-state index contributed by atoms with van der Waals surface area (Å²) in [4.78, 5) is 6.82. The van der Waals surface area contributed by atoms with Gasteiger partial charge in [-0.3, -0.25) is 9.80 Å². The normalized spacial score (nSPS) is 27.2. The molecule has 3 heterocycles. The van der Waals surface area contributed by atoms with Crippen molar-refractivity contribution in [2.75, 3.05) is 32.7 Å². The Morgan fingerprint density at radius 1 is 1.37 bits per heavy atom. The van der Waals surface area contributed by atoms with Crippen molar-refractivity contribution in [3.63, 3.8) is 0 Å². The lowest BCUT2D eigenvalue weighted by Crippen LogP contribution is -2.40. The molecular weight excluding hydrogens is 254 g/mol. The van der Waals surface area contributed by atoms with Crippen LogP contribution in [0.25, 0.3) is 0 Å². The second kappa shape index (κ2) is 5.92. The number of thiophene rings is 1. The van der Waals surface area contributed by atoms with E-state index in [1.165, 1.54) is 55.9 Å². The molecular formula is C15H25N3S. The van der Waals surface area contributed by atoms with Crippen molar-refractivity contribution in [3.8, 4) is 0 Å². The number of hydrogen-bond donors (Lipinski definition) is 1. The van der Waals surface area contributed by atoms with Gasteiger partial charge in [0.1, 0.15) is 0 Å². The van der Waals surface area contributed by atoms with Crippen molar-refractivity contribution in [1.29, 1.82) is 0 Å². The van der Waals surface area contributed by atoms with Crippen molar-refractivity contribution >= 4 is 11.3 Å². The van der Waals surface area contributed by atoms with Gasteiger partial charge in [-0.05, 0) is 56.3 Å². The lowest BCUT2D eigenvalue weighted by atomic mass is 10.1. The van der Waals surface area contributed by atoms with Gasteiger partial charge >= 0.3 is 0 Å². The van der Waals surface area contributed by atoms with Crippen LogP contribution in [-0.2, 0) is 0 Å². The van der Waals surface area contributed by atoms with Gasteiger partial charge in [0.05, 0.1) is 6.04 Å². The molecule has 1 aromatic heterocycles. The lowest BCUT2D eigenvalue weighted by molar-refractivity contribution is 0.178. The van der Waals surface area contributed by atoms with E-state index in [-0.39, 0.29) is 0 Å². The third-order valence-corrected chi connectivity index (χ3v) is 5.82. The molecule has 0 amide bonds. The largest absolute Gasteiger partial charge is 0.329 e. The average Bonchev–Trinajstić information content (AvgIpc) is 2.97. The zero-order valence-electron chi connectivity index (χ0n) is 11.8. The van der Waals surface area contributed by atoms with E-state index in [4.69, 9.17) is 5.73 Å². The van der Waals surface area contributed by atoms with Gasteiger partial charge in [-0.2, -0.15) is 0 Å². The number of aryl methyl sites for hydroxylation is 1. The maximum atomic E-state index is 6.10. The summed E-state index contributed by atoms with van der Waals surface area (Å²) < 4.78 is 0. The van der Waals surface area contributed by atoms with E-state index < -0.39 is 0 Å². The molecule has 2 fully saturated rings. The van der Waals surface area contributed by atoms with Crippen molar-refractivity contribution in [2.45, 2.75) is 38.3 Å². The summed E-state index contributed by atoms with van der Waals surface area (Å²) in [5, 5.41) is 2.20. The molecule has 2 aliphatic heterocycles. The maximum absolute atomic E-state index is 6.10. The van der Waals surface area contributed by atoms with Crippen LogP contribution in [0.2, 0.25) is 0 Å². The molecule has 3 rings (SSSR count). The van der Waals surface area contributed by atoms with Crippen LogP contribution in [0.15, 0.2) is 11.4 Å². The highest BCUT2D eigenvalue weighted by Gasteiger charge is 2.32. The van der Waals surface area contributed by atoms with Crippen LogP contribution in [0.5, 0.6) is 0 Å².